The molecule has 162 valence electrons. The van der Waals surface area contributed by atoms with Crippen molar-refractivity contribution in [1.29, 1.82) is 0 Å². The van der Waals surface area contributed by atoms with Gasteiger partial charge in [0.25, 0.3) is 5.91 Å². The van der Waals surface area contributed by atoms with Gasteiger partial charge in [0.2, 0.25) is 10.0 Å². The van der Waals surface area contributed by atoms with Crippen molar-refractivity contribution in [3.63, 3.8) is 0 Å². The Bertz CT molecular complexity index is 984. The third-order valence-electron chi connectivity index (χ3n) is 4.22. The largest absolute Gasteiger partial charge is 0.468 e. The Labute approximate surface area is 185 Å². The highest BCUT2D eigenvalue weighted by atomic mass is 35.5. The van der Waals surface area contributed by atoms with E-state index in [1.807, 2.05) is 0 Å². The van der Waals surface area contributed by atoms with Crippen LogP contribution in [0, 0.1) is 0 Å². The van der Waals surface area contributed by atoms with E-state index in [1.54, 1.807) is 24.3 Å². The first-order valence-electron chi connectivity index (χ1n) is 9.13. The van der Waals surface area contributed by atoms with Crippen molar-refractivity contribution in [1.82, 2.24) is 10.0 Å². The first kappa shape index (κ1) is 24.1. The molecular formula is C20H22Cl2N2O5S. The van der Waals surface area contributed by atoms with E-state index in [0.29, 0.717) is 30.0 Å². The Hall–Kier alpha value is -2.13. The molecule has 1 amide bonds. The summed E-state index contributed by atoms with van der Waals surface area (Å²) in [7, 11) is -2.66. The fourth-order valence-corrected chi connectivity index (χ4v) is 4.40. The van der Waals surface area contributed by atoms with Crippen LogP contribution in [0.2, 0.25) is 10.0 Å². The molecule has 0 fully saturated rings. The number of methoxy groups -OCH3 is 1. The summed E-state index contributed by atoms with van der Waals surface area (Å²) in [6.07, 6.45) is 1.22. The van der Waals surface area contributed by atoms with Gasteiger partial charge in [0.05, 0.1) is 22.6 Å². The number of carbonyl (C=O) groups excluding carboxylic acids is 2. The van der Waals surface area contributed by atoms with E-state index in [1.165, 1.54) is 31.4 Å². The number of esters is 1. The van der Waals surface area contributed by atoms with Crippen LogP contribution < -0.4 is 10.0 Å². The molecule has 0 bridgehead atoms. The Morgan fingerprint density at radius 1 is 1.07 bits per heavy atom. The minimum Gasteiger partial charge on any atom is -0.468 e. The average molecular weight is 473 g/mol. The van der Waals surface area contributed by atoms with Crippen LogP contribution in [0.3, 0.4) is 0 Å². The number of hydrogen-bond donors (Lipinski definition) is 2. The van der Waals surface area contributed by atoms with Crippen LogP contribution in [0.25, 0.3) is 0 Å². The molecule has 2 rings (SSSR count). The Morgan fingerprint density at radius 3 is 2.40 bits per heavy atom. The van der Waals surface area contributed by atoms with Crippen LogP contribution in [0.15, 0.2) is 53.4 Å². The summed E-state index contributed by atoms with van der Waals surface area (Å²) < 4.78 is 32.0. The SMILES string of the molecule is COC(=O)[C@H](CCCCNC(=O)c1ccc(Cl)cc1Cl)NS(=O)(=O)c1ccccc1. The number of sulfonamides is 1. The van der Waals surface area contributed by atoms with E-state index in [2.05, 4.69) is 10.0 Å². The van der Waals surface area contributed by atoms with Gasteiger partial charge >= 0.3 is 5.97 Å². The first-order chi connectivity index (χ1) is 14.2. The van der Waals surface area contributed by atoms with Crippen LogP contribution in [0.4, 0.5) is 0 Å². The number of halogens is 2. The summed E-state index contributed by atoms with van der Waals surface area (Å²) in [5.74, 6) is -1.02. The highest BCUT2D eigenvalue weighted by Crippen LogP contribution is 2.20. The lowest BCUT2D eigenvalue weighted by molar-refractivity contribution is -0.142. The van der Waals surface area contributed by atoms with Crippen molar-refractivity contribution in [2.45, 2.75) is 30.2 Å². The molecule has 1 atom stereocenters. The average Bonchev–Trinajstić information content (AvgIpc) is 2.72. The molecular weight excluding hydrogens is 451 g/mol. The highest BCUT2D eigenvalue weighted by Gasteiger charge is 2.26. The van der Waals surface area contributed by atoms with Gasteiger partial charge in [0, 0.05) is 11.6 Å². The van der Waals surface area contributed by atoms with Crippen molar-refractivity contribution < 1.29 is 22.7 Å². The minimum absolute atomic E-state index is 0.0611. The molecule has 2 aromatic rings. The number of benzene rings is 2. The number of carbonyl (C=O) groups is 2. The van der Waals surface area contributed by atoms with E-state index in [4.69, 9.17) is 27.9 Å². The van der Waals surface area contributed by atoms with Gasteiger partial charge in [-0.1, -0.05) is 41.4 Å². The number of nitrogens with one attached hydrogen (secondary N) is 2. The maximum absolute atomic E-state index is 12.5. The second-order valence-electron chi connectivity index (χ2n) is 6.39. The Balaban J connectivity index is 1.86. The summed E-state index contributed by atoms with van der Waals surface area (Å²) in [6.45, 7) is 0.330. The van der Waals surface area contributed by atoms with E-state index < -0.39 is 22.0 Å². The molecule has 10 heteroatoms. The molecule has 0 aliphatic heterocycles. The van der Waals surface area contributed by atoms with Crippen molar-refractivity contribution in [2.75, 3.05) is 13.7 Å². The van der Waals surface area contributed by atoms with Crippen LogP contribution >= 0.6 is 23.2 Å². The van der Waals surface area contributed by atoms with Gasteiger partial charge in [-0.05, 0) is 49.6 Å². The Morgan fingerprint density at radius 2 is 1.77 bits per heavy atom. The zero-order valence-electron chi connectivity index (χ0n) is 16.2. The summed E-state index contributed by atoms with van der Waals surface area (Å²) in [4.78, 5) is 24.2. The molecule has 0 heterocycles. The molecule has 0 aliphatic rings. The first-order valence-corrected chi connectivity index (χ1v) is 11.4. The zero-order valence-corrected chi connectivity index (χ0v) is 18.6. The van der Waals surface area contributed by atoms with Crippen LogP contribution in [0.1, 0.15) is 29.6 Å². The number of rotatable bonds is 10. The van der Waals surface area contributed by atoms with Crippen molar-refractivity contribution in [2.24, 2.45) is 0 Å². The third-order valence-corrected chi connectivity index (χ3v) is 6.25. The summed E-state index contributed by atoms with van der Waals surface area (Å²) in [5, 5.41) is 3.41. The molecule has 30 heavy (non-hydrogen) atoms. The number of unbranched alkanes of at least 4 members (excludes halogenated alkanes) is 1. The summed E-state index contributed by atoms with van der Waals surface area (Å²) >= 11 is 11.8. The second-order valence-corrected chi connectivity index (χ2v) is 8.94. The molecule has 0 spiro atoms. The van der Waals surface area contributed by atoms with E-state index in [9.17, 15) is 18.0 Å². The van der Waals surface area contributed by atoms with Gasteiger partial charge in [-0.25, -0.2) is 8.42 Å². The van der Waals surface area contributed by atoms with Crippen molar-refractivity contribution in [3.05, 3.63) is 64.1 Å². The lowest BCUT2D eigenvalue weighted by Gasteiger charge is -2.16. The normalized spacial score (nSPS) is 12.2. The molecule has 0 aliphatic carbocycles. The van der Waals surface area contributed by atoms with Gasteiger partial charge in [0.1, 0.15) is 6.04 Å². The topological polar surface area (TPSA) is 102 Å². The number of ether oxygens (including phenoxy) is 1. The fourth-order valence-electron chi connectivity index (χ4n) is 2.67. The van der Waals surface area contributed by atoms with E-state index in [-0.39, 0.29) is 22.2 Å². The summed E-state index contributed by atoms with van der Waals surface area (Å²) in [5.41, 5.74) is 0.309. The molecule has 0 radical (unpaired) electrons. The standard InChI is InChI=1S/C20H22Cl2N2O5S/c1-29-20(26)18(24-30(27,28)15-7-3-2-4-8-15)9-5-6-12-23-19(25)16-11-10-14(21)13-17(16)22/h2-4,7-8,10-11,13,18,24H,5-6,9,12H2,1H3,(H,23,25)/t18-/m0/s1. The zero-order chi connectivity index (χ0) is 22.1. The highest BCUT2D eigenvalue weighted by molar-refractivity contribution is 7.89. The smallest absolute Gasteiger partial charge is 0.323 e. The quantitative estimate of drug-likeness (QED) is 0.407. The molecule has 0 aromatic heterocycles. The van der Waals surface area contributed by atoms with Gasteiger partial charge < -0.3 is 10.1 Å². The van der Waals surface area contributed by atoms with Gasteiger partial charge in [-0.3, -0.25) is 9.59 Å². The molecule has 0 saturated heterocycles. The van der Waals surface area contributed by atoms with Gasteiger partial charge in [-0.2, -0.15) is 4.72 Å². The van der Waals surface area contributed by atoms with Crippen LogP contribution in [0.5, 0.6) is 0 Å². The predicted molar refractivity (Wildman–Crippen MR) is 115 cm³/mol. The van der Waals surface area contributed by atoms with Crippen molar-refractivity contribution in [3.8, 4) is 0 Å². The van der Waals surface area contributed by atoms with Crippen LogP contribution in [-0.4, -0.2) is 40.0 Å². The number of amides is 1. The van der Waals surface area contributed by atoms with E-state index >= 15 is 0 Å². The maximum Gasteiger partial charge on any atom is 0.323 e. The number of hydrogen-bond acceptors (Lipinski definition) is 5. The molecule has 0 saturated carbocycles. The molecule has 7 nitrogen and oxygen atoms in total. The molecule has 2 aromatic carbocycles. The predicted octanol–water partition coefficient (Wildman–Crippen LogP) is 3.41. The maximum atomic E-state index is 12.5. The third kappa shape index (κ3) is 6.98. The Kier molecular flexibility index (Phi) is 9.10. The van der Waals surface area contributed by atoms with Crippen molar-refractivity contribution >= 4 is 45.1 Å². The summed E-state index contributed by atoms with van der Waals surface area (Å²) in [6, 6.07) is 11.3. The minimum atomic E-state index is -3.86. The second kappa shape index (κ2) is 11.3. The molecule has 0 unspecified atom stereocenters. The van der Waals surface area contributed by atoms with Gasteiger partial charge in [0.15, 0.2) is 0 Å². The lowest BCUT2D eigenvalue weighted by atomic mass is 10.1. The fraction of sp³-hybridized carbons (Fsp3) is 0.300. The molecule has 2 N–H and O–H groups in total. The monoisotopic (exact) mass is 472 g/mol. The van der Waals surface area contributed by atoms with Gasteiger partial charge in [-0.15, -0.1) is 0 Å². The van der Waals surface area contributed by atoms with E-state index in [0.717, 1.165) is 0 Å². The van der Waals surface area contributed by atoms with Crippen LogP contribution in [-0.2, 0) is 19.6 Å². The lowest BCUT2D eigenvalue weighted by Crippen LogP contribution is -2.41.